The SMILES string of the molecule is [CH]1CC2C[CH]CC2C1. The van der Waals surface area contributed by atoms with Gasteiger partial charge in [-0.15, -0.1) is 0 Å². The summed E-state index contributed by atoms with van der Waals surface area (Å²) in [4.78, 5) is 0. The number of hydrogen-bond acceptors (Lipinski definition) is 0. The molecule has 0 saturated heterocycles. The minimum absolute atomic E-state index is 1.06. The molecule has 0 heteroatoms. The molecule has 0 amide bonds. The summed E-state index contributed by atoms with van der Waals surface area (Å²) in [6, 6.07) is 0. The summed E-state index contributed by atoms with van der Waals surface area (Å²) in [6.07, 6.45) is 10.5. The minimum atomic E-state index is 1.06. The topological polar surface area (TPSA) is 0 Å². The van der Waals surface area contributed by atoms with Crippen molar-refractivity contribution in [2.24, 2.45) is 11.8 Å². The molecule has 0 spiro atoms. The van der Waals surface area contributed by atoms with Crippen LogP contribution in [0.4, 0.5) is 0 Å². The summed E-state index contributed by atoms with van der Waals surface area (Å²) in [6.45, 7) is 0. The van der Waals surface area contributed by atoms with Crippen LogP contribution in [0.5, 0.6) is 0 Å². The molecule has 2 rings (SSSR count). The molecule has 0 unspecified atom stereocenters. The highest BCUT2D eigenvalue weighted by molar-refractivity contribution is 4.97. The average Bonchev–Trinajstić information content (AvgIpc) is 2.15. The normalized spacial score (nSPS) is 45.0. The Morgan fingerprint density at radius 2 is 1.12 bits per heavy atom. The van der Waals surface area contributed by atoms with Gasteiger partial charge in [-0.2, -0.15) is 0 Å². The van der Waals surface area contributed by atoms with Crippen LogP contribution in [0.2, 0.25) is 0 Å². The van der Waals surface area contributed by atoms with E-state index in [1.807, 2.05) is 0 Å². The fraction of sp³-hybridized carbons (Fsp3) is 0.750. The number of hydrogen-bond donors (Lipinski definition) is 0. The van der Waals surface area contributed by atoms with Crippen LogP contribution in [0.25, 0.3) is 0 Å². The van der Waals surface area contributed by atoms with E-state index in [1.165, 1.54) is 25.7 Å². The zero-order valence-corrected chi connectivity index (χ0v) is 5.14. The van der Waals surface area contributed by atoms with Crippen LogP contribution >= 0.6 is 0 Å². The van der Waals surface area contributed by atoms with Crippen LogP contribution in [0.3, 0.4) is 0 Å². The summed E-state index contributed by atoms with van der Waals surface area (Å²) in [5.74, 6) is 2.13. The number of fused-ring (bicyclic) bond motifs is 1. The molecule has 0 aromatic heterocycles. The van der Waals surface area contributed by atoms with Crippen LogP contribution in [-0.4, -0.2) is 0 Å². The summed E-state index contributed by atoms with van der Waals surface area (Å²) < 4.78 is 0. The molecule has 2 radical (unpaired) electrons. The smallest absolute Gasteiger partial charge is 0.0380 e. The molecule has 2 fully saturated rings. The van der Waals surface area contributed by atoms with Gasteiger partial charge in [-0.3, -0.25) is 0 Å². The fourth-order valence-corrected chi connectivity index (χ4v) is 2.01. The predicted octanol–water partition coefficient (Wildman–Crippen LogP) is 2.21. The van der Waals surface area contributed by atoms with Crippen LogP contribution in [-0.2, 0) is 0 Å². The first-order valence-electron chi connectivity index (χ1n) is 3.60. The zero-order valence-electron chi connectivity index (χ0n) is 5.14. The lowest BCUT2D eigenvalue weighted by Crippen LogP contribution is -1.95. The summed E-state index contributed by atoms with van der Waals surface area (Å²) in [7, 11) is 0. The largest absolute Gasteiger partial charge is 0.0470 e. The monoisotopic (exact) mass is 108 g/mol. The van der Waals surface area contributed by atoms with E-state index in [-0.39, 0.29) is 0 Å². The molecule has 2 saturated carbocycles. The Bertz CT molecular complexity index is 66.0. The van der Waals surface area contributed by atoms with Crippen molar-refractivity contribution in [3.05, 3.63) is 12.8 Å². The quantitative estimate of drug-likeness (QED) is 0.446. The fourth-order valence-electron chi connectivity index (χ4n) is 2.01. The van der Waals surface area contributed by atoms with Gasteiger partial charge in [0.1, 0.15) is 0 Å². The van der Waals surface area contributed by atoms with Crippen LogP contribution in [0.15, 0.2) is 0 Å². The van der Waals surface area contributed by atoms with Crippen molar-refractivity contribution < 1.29 is 0 Å². The third kappa shape index (κ3) is 0.586. The van der Waals surface area contributed by atoms with Gasteiger partial charge in [0.05, 0.1) is 0 Å². The minimum Gasteiger partial charge on any atom is -0.0470 e. The zero-order chi connectivity index (χ0) is 5.40. The van der Waals surface area contributed by atoms with Gasteiger partial charge in [0, 0.05) is 0 Å². The lowest BCUT2D eigenvalue weighted by Gasteiger charge is -2.04. The predicted molar refractivity (Wildman–Crippen MR) is 34.0 cm³/mol. The lowest BCUT2D eigenvalue weighted by atomic mass is 10.0. The van der Waals surface area contributed by atoms with E-state index in [0.717, 1.165) is 11.8 Å². The second-order valence-electron chi connectivity index (χ2n) is 3.04. The Balaban J connectivity index is 2.04. The Kier molecular flexibility index (Phi) is 1.06. The van der Waals surface area contributed by atoms with Gasteiger partial charge >= 0.3 is 0 Å². The highest BCUT2D eigenvalue weighted by Gasteiger charge is 2.31. The van der Waals surface area contributed by atoms with Gasteiger partial charge in [0.25, 0.3) is 0 Å². The van der Waals surface area contributed by atoms with E-state index in [9.17, 15) is 0 Å². The van der Waals surface area contributed by atoms with E-state index >= 15 is 0 Å². The maximum absolute atomic E-state index is 2.46. The van der Waals surface area contributed by atoms with Gasteiger partial charge in [-0.25, -0.2) is 0 Å². The Hall–Kier alpha value is 0. The third-order valence-electron chi connectivity index (χ3n) is 2.54. The van der Waals surface area contributed by atoms with Gasteiger partial charge in [0.2, 0.25) is 0 Å². The van der Waals surface area contributed by atoms with Crippen molar-refractivity contribution >= 4 is 0 Å². The molecule has 0 atom stereocenters. The molecule has 0 aromatic carbocycles. The maximum atomic E-state index is 2.46. The van der Waals surface area contributed by atoms with Crippen LogP contribution < -0.4 is 0 Å². The first-order chi connectivity index (χ1) is 3.97. The maximum Gasteiger partial charge on any atom is -0.0380 e. The average molecular weight is 108 g/mol. The van der Waals surface area contributed by atoms with Crippen LogP contribution in [0.1, 0.15) is 25.7 Å². The summed E-state index contributed by atoms with van der Waals surface area (Å²) >= 11 is 0. The van der Waals surface area contributed by atoms with Crippen molar-refractivity contribution in [1.29, 1.82) is 0 Å². The molecule has 44 valence electrons. The first-order valence-corrected chi connectivity index (χ1v) is 3.60. The molecule has 0 N–H and O–H groups in total. The second kappa shape index (κ2) is 1.75. The van der Waals surface area contributed by atoms with Crippen molar-refractivity contribution in [3.8, 4) is 0 Å². The molecular formula is C8H12. The lowest BCUT2D eigenvalue weighted by molar-refractivity contribution is 0.457. The number of rotatable bonds is 0. The van der Waals surface area contributed by atoms with E-state index in [4.69, 9.17) is 0 Å². The first kappa shape index (κ1) is 4.84. The molecule has 2 aliphatic carbocycles. The molecule has 0 aliphatic heterocycles. The van der Waals surface area contributed by atoms with Crippen molar-refractivity contribution in [3.63, 3.8) is 0 Å². The van der Waals surface area contributed by atoms with Crippen LogP contribution in [0, 0.1) is 24.7 Å². The van der Waals surface area contributed by atoms with E-state index < -0.39 is 0 Å². The molecule has 0 nitrogen and oxygen atoms in total. The van der Waals surface area contributed by atoms with Gasteiger partial charge in [-0.1, -0.05) is 0 Å². The Labute approximate surface area is 51.3 Å². The Morgan fingerprint density at radius 1 is 0.750 bits per heavy atom. The standard InChI is InChI=1S/C8H12/c1-3-7-5-2-6-8(7)4-1/h1-2,7-8H,3-6H2. The molecular weight excluding hydrogens is 96.1 g/mol. The van der Waals surface area contributed by atoms with Crippen molar-refractivity contribution in [1.82, 2.24) is 0 Å². The van der Waals surface area contributed by atoms with Gasteiger partial charge in [-0.05, 0) is 50.4 Å². The highest BCUT2D eigenvalue weighted by Crippen LogP contribution is 2.42. The van der Waals surface area contributed by atoms with E-state index in [2.05, 4.69) is 12.8 Å². The molecule has 0 heterocycles. The van der Waals surface area contributed by atoms with Gasteiger partial charge in [0.15, 0.2) is 0 Å². The highest BCUT2D eigenvalue weighted by atomic mass is 14.4. The molecule has 8 heavy (non-hydrogen) atoms. The summed E-state index contributed by atoms with van der Waals surface area (Å²) in [5.41, 5.74) is 0. The molecule has 0 bridgehead atoms. The molecule has 2 aliphatic rings. The van der Waals surface area contributed by atoms with Gasteiger partial charge < -0.3 is 0 Å². The molecule has 0 aromatic rings. The Morgan fingerprint density at radius 3 is 1.50 bits per heavy atom. The third-order valence-corrected chi connectivity index (χ3v) is 2.54. The summed E-state index contributed by atoms with van der Waals surface area (Å²) in [5, 5.41) is 0. The van der Waals surface area contributed by atoms with E-state index in [1.54, 1.807) is 0 Å². The van der Waals surface area contributed by atoms with Crippen molar-refractivity contribution in [2.75, 3.05) is 0 Å². The van der Waals surface area contributed by atoms with Crippen molar-refractivity contribution in [2.45, 2.75) is 25.7 Å². The second-order valence-corrected chi connectivity index (χ2v) is 3.04. The van der Waals surface area contributed by atoms with E-state index in [0.29, 0.717) is 0 Å².